The molecule has 0 radical (unpaired) electrons. The zero-order valence-corrected chi connectivity index (χ0v) is 18.0. The molecule has 2 heterocycles. The predicted octanol–water partition coefficient (Wildman–Crippen LogP) is 1.95. The fraction of sp³-hybridized carbons (Fsp3) is 0.762. The van der Waals surface area contributed by atoms with E-state index < -0.39 is 23.4 Å². The lowest BCUT2D eigenvalue weighted by molar-refractivity contribution is -0.150. The number of hydrogen-bond acceptors (Lipinski definition) is 5. The summed E-state index contributed by atoms with van der Waals surface area (Å²) in [4.78, 5) is 67.6. The van der Waals surface area contributed by atoms with Crippen molar-refractivity contribution in [1.82, 2.24) is 19.6 Å². The number of carbonyl (C=O) groups excluding carboxylic acids is 5. The maximum Gasteiger partial charge on any atom is 0.333 e. The van der Waals surface area contributed by atoms with Crippen molar-refractivity contribution in [2.75, 3.05) is 20.6 Å². The zero-order valence-electron chi connectivity index (χ0n) is 18.0. The summed E-state index contributed by atoms with van der Waals surface area (Å²) in [6, 6.07) is -0.941. The van der Waals surface area contributed by atoms with Crippen LogP contribution in [0.25, 0.3) is 0 Å². The van der Waals surface area contributed by atoms with E-state index >= 15 is 0 Å². The van der Waals surface area contributed by atoms with Crippen LogP contribution in [0, 0.1) is 5.41 Å². The van der Waals surface area contributed by atoms with Gasteiger partial charge in [-0.1, -0.05) is 13.3 Å². The maximum absolute atomic E-state index is 12.9. The van der Waals surface area contributed by atoms with Gasteiger partial charge in [-0.3, -0.25) is 29.1 Å². The van der Waals surface area contributed by atoms with Crippen molar-refractivity contribution >= 4 is 29.8 Å². The van der Waals surface area contributed by atoms with Crippen molar-refractivity contribution in [2.24, 2.45) is 5.41 Å². The van der Waals surface area contributed by atoms with Gasteiger partial charge in [0.25, 0.3) is 5.91 Å². The molecule has 7 amide bonds. The van der Waals surface area contributed by atoms with Crippen LogP contribution in [0.2, 0.25) is 0 Å². The Morgan fingerprint density at radius 2 is 1.57 bits per heavy atom. The van der Waals surface area contributed by atoms with Gasteiger partial charge >= 0.3 is 12.1 Å². The average Bonchev–Trinajstić information content (AvgIpc) is 2.84. The minimum absolute atomic E-state index is 0.0223. The molecule has 0 aromatic carbocycles. The average molecular weight is 418 g/mol. The van der Waals surface area contributed by atoms with E-state index in [1.54, 1.807) is 11.9 Å². The molecule has 30 heavy (non-hydrogen) atoms. The third kappa shape index (κ3) is 2.85. The van der Waals surface area contributed by atoms with Gasteiger partial charge in [0.15, 0.2) is 0 Å². The molecule has 0 N–H and O–H groups in total. The van der Waals surface area contributed by atoms with E-state index in [1.807, 2.05) is 6.92 Å². The van der Waals surface area contributed by atoms with Gasteiger partial charge in [-0.05, 0) is 50.4 Å². The van der Waals surface area contributed by atoms with Gasteiger partial charge in [0.1, 0.15) is 12.0 Å². The quantitative estimate of drug-likeness (QED) is 0.513. The van der Waals surface area contributed by atoms with Crippen molar-refractivity contribution in [3.8, 4) is 0 Å². The molecule has 2 aliphatic carbocycles. The molecule has 0 atom stereocenters. The van der Waals surface area contributed by atoms with Crippen molar-refractivity contribution < 1.29 is 24.0 Å². The number of nitrogens with zero attached hydrogens (tertiary/aromatic N) is 4. The molecular formula is C21H30N4O5. The molecule has 0 aromatic heterocycles. The summed E-state index contributed by atoms with van der Waals surface area (Å²) in [7, 11) is 3.21. The summed E-state index contributed by atoms with van der Waals surface area (Å²) in [5.41, 5.74) is -0.746. The number of hydrogen-bond donors (Lipinski definition) is 0. The van der Waals surface area contributed by atoms with Crippen LogP contribution in [-0.2, 0) is 14.4 Å². The summed E-state index contributed by atoms with van der Waals surface area (Å²) in [5.74, 6) is -0.935. The second-order valence-electron chi connectivity index (χ2n) is 9.44. The summed E-state index contributed by atoms with van der Waals surface area (Å²) >= 11 is 0. The first kappa shape index (κ1) is 20.8. The van der Waals surface area contributed by atoms with Crippen LogP contribution < -0.4 is 0 Å². The van der Waals surface area contributed by atoms with Crippen LogP contribution in [-0.4, -0.2) is 81.6 Å². The lowest BCUT2D eigenvalue weighted by atomic mass is 9.51. The smallest absolute Gasteiger partial charge is 0.313 e. The number of imide groups is 3. The fourth-order valence-electron chi connectivity index (χ4n) is 5.90. The molecule has 164 valence electrons. The SMILES string of the molecule is CCCCN1C(=O)CC(=O)N(C2CCC3(CC2)CC2(C3)C(=O)N(C)C(=O)N2C)C1=O. The van der Waals surface area contributed by atoms with Crippen molar-refractivity contribution in [3.05, 3.63) is 0 Å². The highest BCUT2D eigenvalue weighted by molar-refractivity contribution is 6.14. The van der Waals surface area contributed by atoms with Gasteiger partial charge in [0, 0.05) is 26.7 Å². The first-order chi connectivity index (χ1) is 14.2. The summed E-state index contributed by atoms with van der Waals surface area (Å²) < 4.78 is 0. The lowest BCUT2D eigenvalue weighted by Crippen LogP contribution is -2.64. The third-order valence-electron chi connectivity index (χ3n) is 7.68. The molecule has 2 saturated heterocycles. The Balaban J connectivity index is 1.41. The van der Waals surface area contributed by atoms with Gasteiger partial charge in [-0.25, -0.2) is 9.59 Å². The molecule has 9 heteroatoms. The van der Waals surface area contributed by atoms with Crippen LogP contribution in [0.1, 0.15) is 64.7 Å². The first-order valence-corrected chi connectivity index (χ1v) is 10.9. The number of urea groups is 2. The van der Waals surface area contributed by atoms with Crippen LogP contribution in [0.15, 0.2) is 0 Å². The third-order valence-corrected chi connectivity index (χ3v) is 7.68. The van der Waals surface area contributed by atoms with Crippen molar-refractivity contribution in [3.63, 3.8) is 0 Å². The second-order valence-corrected chi connectivity index (χ2v) is 9.44. The number of unbranched alkanes of at least 4 members (excludes halogenated alkanes) is 1. The Bertz CT molecular complexity index is 808. The first-order valence-electron chi connectivity index (χ1n) is 10.9. The molecular weight excluding hydrogens is 388 g/mol. The minimum Gasteiger partial charge on any atom is -0.313 e. The molecule has 2 aliphatic heterocycles. The highest BCUT2D eigenvalue weighted by atomic mass is 16.2. The Labute approximate surface area is 176 Å². The van der Waals surface area contributed by atoms with Gasteiger partial charge in [-0.2, -0.15) is 0 Å². The summed E-state index contributed by atoms with van der Waals surface area (Å²) in [6.07, 6.45) is 5.58. The number of carbonyl (C=O) groups is 5. The molecule has 2 spiro atoms. The molecule has 0 unspecified atom stereocenters. The largest absolute Gasteiger partial charge is 0.333 e. The van der Waals surface area contributed by atoms with Crippen LogP contribution in [0.5, 0.6) is 0 Å². The van der Waals surface area contributed by atoms with Gasteiger partial charge in [0.2, 0.25) is 11.8 Å². The zero-order chi connectivity index (χ0) is 21.8. The Hall–Kier alpha value is -2.45. The number of barbiturate groups is 1. The standard InChI is InChI=1S/C21H30N4O5/c1-4-5-10-24-15(26)11-16(27)25(19(24)30)14-6-8-20(9-7-14)12-21(13-20)17(28)22(2)18(29)23(21)3/h14H,4-13H2,1-3H3. The van der Waals surface area contributed by atoms with E-state index in [4.69, 9.17) is 0 Å². The number of amides is 7. The minimum atomic E-state index is -0.723. The van der Waals surface area contributed by atoms with E-state index in [-0.39, 0.29) is 29.8 Å². The molecule has 2 saturated carbocycles. The van der Waals surface area contributed by atoms with E-state index in [2.05, 4.69) is 0 Å². The normalized spacial score (nSPS) is 34.6. The van der Waals surface area contributed by atoms with Crippen LogP contribution in [0.4, 0.5) is 9.59 Å². The highest BCUT2D eigenvalue weighted by Gasteiger charge is 2.67. The topological polar surface area (TPSA) is 98.3 Å². The van der Waals surface area contributed by atoms with Gasteiger partial charge in [0.05, 0.1) is 0 Å². The van der Waals surface area contributed by atoms with Crippen molar-refractivity contribution in [1.29, 1.82) is 0 Å². The second kappa shape index (κ2) is 7.06. The Morgan fingerprint density at radius 1 is 0.933 bits per heavy atom. The monoisotopic (exact) mass is 418 g/mol. The molecule has 4 rings (SSSR count). The molecule has 4 fully saturated rings. The van der Waals surface area contributed by atoms with Crippen LogP contribution in [0.3, 0.4) is 0 Å². The van der Waals surface area contributed by atoms with Gasteiger partial charge in [-0.15, -0.1) is 0 Å². The van der Waals surface area contributed by atoms with Crippen molar-refractivity contribution in [2.45, 2.75) is 76.3 Å². The molecule has 4 aliphatic rings. The van der Waals surface area contributed by atoms with E-state index in [9.17, 15) is 24.0 Å². The van der Waals surface area contributed by atoms with E-state index in [0.717, 1.165) is 25.7 Å². The molecule has 9 nitrogen and oxygen atoms in total. The fourth-order valence-corrected chi connectivity index (χ4v) is 5.90. The van der Waals surface area contributed by atoms with Crippen LogP contribution >= 0.6 is 0 Å². The van der Waals surface area contributed by atoms with E-state index in [0.29, 0.717) is 32.2 Å². The Morgan fingerprint density at radius 3 is 2.10 bits per heavy atom. The van der Waals surface area contributed by atoms with Gasteiger partial charge < -0.3 is 4.90 Å². The maximum atomic E-state index is 12.9. The Kier molecular flexibility index (Phi) is 4.90. The summed E-state index contributed by atoms with van der Waals surface area (Å²) in [5, 5.41) is 0. The highest BCUT2D eigenvalue weighted by Crippen LogP contribution is 2.61. The number of likely N-dealkylation sites (N-methyl/N-ethyl adjacent to an activating group) is 2. The molecule has 0 bridgehead atoms. The summed E-state index contributed by atoms with van der Waals surface area (Å²) in [6.45, 7) is 2.35. The molecule has 0 aromatic rings. The van der Waals surface area contributed by atoms with E-state index in [1.165, 1.54) is 21.7 Å². The lowest BCUT2D eigenvalue weighted by Gasteiger charge is -2.58. The predicted molar refractivity (Wildman–Crippen MR) is 106 cm³/mol. The number of rotatable bonds is 4.